The van der Waals surface area contributed by atoms with Crippen molar-refractivity contribution in [2.75, 3.05) is 19.8 Å². The van der Waals surface area contributed by atoms with Crippen LogP contribution in [0.3, 0.4) is 0 Å². The molecule has 0 aromatic carbocycles. The predicted octanol–water partition coefficient (Wildman–Crippen LogP) is -1.27. The van der Waals surface area contributed by atoms with Crippen molar-refractivity contribution in [2.45, 2.75) is 12.1 Å². The summed E-state index contributed by atoms with van der Waals surface area (Å²) < 4.78 is 6.62. The standard InChI is InChI=1S/C11H16N4O4/c1-14-5-7(4-13-14)9(12)10(16)15-2-3-19-6-8(15)11(17)18/h4-5,8-9H,2-3,6,12H2,1H3,(H,17,18). The number of nitrogens with zero attached hydrogens (tertiary/aromatic N) is 3. The second-order valence-corrected chi connectivity index (χ2v) is 4.39. The molecule has 3 N–H and O–H groups in total. The van der Waals surface area contributed by atoms with E-state index >= 15 is 0 Å². The number of carbonyl (C=O) groups is 2. The summed E-state index contributed by atoms with van der Waals surface area (Å²) in [6.45, 7) is 0.528. The van der Waals surface area contributed by atoms with Crippen molar-refractivity contribution in [3.8, 4) is 0 Å². The Hall–Kier alpha value is -1.93. The second kappa shape index (κ2) is 5.37. The number of hydrogen-bond donors (Lipinski definition) is 2. The van der Waals surface area contributed by atoms with Gasteiger partial charge in [0.2, 0.25) is 5.91 Å². The van der Waals surface area contributed by atoms with Gasteiger partial charge in [-0.1, -0.05) is 0 Å². The smallest absolute Gasteiger partial charge is 0.328 e. The van der Waals surface area contributed by atoms with Crippen LogP contribution in [-0.2, 0) is 21.4 Å². The molecule has 1 aliphatic rings. The highest BCUT2D eigenvalue weighted by Crippen LogP contribution is 2.16. The van der Waals surface area contributed by atoms with Crippen molar-refractivity contribution in [2.24, 2.45) is 12.8 Å². The van der Waals surface area contributed by atoms with E-state index in [1.165, 1.54) is 15.8 Å². The zero-order chi connectivity index (χ0) is 14.0. The number of aromatic nitrogens is 2. The van der Waals surface area contributed by atoms with Crippen molar-refractivity contribution in [3.63, 3.8) is 0 Å². The van der Waals surface area contributed by atoms with Crippen LogP contribution in [0.15, 0.2) is 12.4 Å². The molecule has 8 nitrogen and oxygen atoms in total. The van der Waals surface area contributed by atoms with Gasteiger partial charge in [0.1, 0.15) is 6.04 Å². The van der Waals surface area contributed by atoms with Crippen molar-refractivity contribution in [1.82, 2.24) is 14.7 Å². The van der Waals surface area contributed by atoms with E-state index in [9.17, 15) is 9.59 Å². The number of nitrogens with two attached hydrogens (primary N) is 1. The Morgan fingerprint density at radius 2 is 2.37 bits per heavy atom. The highest BCUT2D eigenvalue weighted by molar-refractivity contribution is 5.87. The SMILES string of the molecule is Cn1cc(C(N)C(=O)N2CCOCC2C(=O)O)cn1. The van der Waals surface area contributed by atoms with Crippen LogP contribution in [0.1, 0.15) is 11.6 Å². The minimum atomic E-state index is -1.09. The molecule has 0 aliphatic carbocycles. The average Bonchev–Trinajstić information content (AvgIpc) is 2.83. The maximum absolute atomic E-state index is 12.3. The lowest BCUT2D eigenvalue weighted by Gasteiger charge is -2.34. The Bertz CT molecular complexity index is 487. The van der Waals surface area contributed by atoms with E-state index in [-0.39, 0.29) is 13.2 Å². The molecule has 0 saturated carbocycles. The third-order valence-corrected chi connectivity index (χ3v) is 3.05. The van der Waals surface area contributed by atoms with Crippen LogP contribution >= 0.6 is 0 Å². The summed E-state index contributed by atoms with van der Waals surface area (Å²) in [5, 5.41) is 13.0. The molecule has 2 atom stereocenters. The normalized spacial score (nSPS) is 21.2. The molecule has 19 heavy (non-hydrogen) atoms. The van der Waals surface area contributed by atoms with E-state index in [1.54, 1.807) is 13.2 Å². The van der Waals surface area contributed by atoms with Crippen molar-refractivity contribution < 1.29 is 19.4 Å². The third-order valence-electron chi connectivity index (χ3n) is 3.05. The first-order valence-electron chi connectivity index (χ1n) is 5.86. The fourth-order valence-electron chi connectivity index (χ4n) is 1.99. The van der Waals surface area contributed by atoms with Gasteiger partial charge in [-0.15, -0.1) is 0 Å². The summed E-state index contributed by atoms with van der Waals surface area (Å²) in [6, 6.07) is -1.89. The van der Waals surface area contributed by atoms with Crippen LogP contribution < -0.4 is 5.73 Å². The fourth-order valence-corrected chi connectivity index (χ4v) is 1.99. The van der Waals surface area contributed by atoms with Crippen LogP contribution in [0.4, 0.5) is 0 Å². The Balaban J connectivity index is 2.15. The molecule has 1 fully saturated rings. The molecule has 1 aromatic heterocycles. The Morgan fingerprint density at radius 3 is 2.95 bits per heavy atom. The summed E-state index contributed by atoms with van der Waals surface area (Å²) in [7, 11) is 1.72. The lowest BCUT2D eigenvalue weighted by Crippen LogP contribution is -2.54. The number of carbonyl (C=O) groups excluding carboxylic acids is 1. The number of carboxylic acids is 1. The van der Waals surface area contributed by atoms with Crippen molar-refractivity contribution >= 4 is 11.9 Å². The quantitative estimate of drug-likeness (QED) is 0.707. The summed E-state index contributed by atoms with van der Waals surface area (Å²) in [4.78, 5) is 24.6. The highest BCUT2D eigenvalue weighted by atomic mass is 16.5. The molecule has 2 heterocycles. The molecule has 1 aromatic rings. The zero-order valence-corrected chi connectivity index (χ0v) is 10.5. The summed E-state index contributed by atoms with van der Waals surface area (Å²) in [5.74, 6) is -1.52. The number of carboxylic acid groups (broad SMARTS) is 1. The third kappa shape index (κ3) is 2.74. The molecular weight excluding hydrogens is 252 g/mol. The predicted molar refractivity (Wildman–Crippen MR) is 64.1 cm³/mol. The van der Waals surface area contributed by atoms with Gasteiger partial charge in [0.15, 0.2) is 6.04 Å². The first-order valence-corrected chi connectivity index (χ1v) is 5.86. The van der Waals surface area contributed by atoms with Crippen molar-refractivity contribution in [3.05, 3.63) is 18.0 Å². The van der Waals surface area contributed by atoms with Crippen LogP contribution in [0.5, 0.6) is 0 Å². The van der Waals surface area contributed by atoms with E-state index in [4.69, 9.17) is 15.6 Å². The maximum atomic E-state index is 12.3. The van der Waals surface area contributed by atoms with Crippen molar-refractivity contribution in [1.29, 1.82) is 0 Å². The van der Waals surface area contributed by atoms with Gasteiger partial charge < -0.3 is 20.5 Å². The van der Waals surface area contributed by atoms with E-state index < -0.39 is 24.0 Å². The first-order chi connectivity index (χ1) is 9.00. The Morgan fingerprint density at radius 1 is 1.63 bits per heavy atom. The number of morpholine rings is 1. The fraction of sp³-hybridized carbons (Fsp3) is 0.545. The monoisotopic (exact) mass is 268 g/mol. The number of ether oxygens (including phenoxy) is 1. The molecule has 0 bridgehead atoms. The zero-order valence-electron chi connectivity index (χ0n) is 10.5. The van der Waals surface area contributed by atoms with E-state index in [2.05, 4.69) is 5.10 Å². The summed E-state index contributed by atoms with van der Waals surface area (Å²) >= 11 is 0. The highest BCUT2D eigenvalue weighted by Gasteiger charge is 2.35. The lowest BCUT2D eigenvalue weighted by molar-refractivity contribution is -0.159. The summed E-state index contributed by atoms with van der Waals surface area (Å²) in [5.41, 5.74) is 6.43. The van der Waals surface area contributed by atoms with E-state index in [1.807, 2.05) is 0 Å². The number of aryl methyl sites for hydroxylation is 1. The topological polar surface area (TPSA) is 111 Å². The minimum absolute atomic E-state index is 0.0131. The molecule has 104 valence electrons. The second-order valence-electron chi connectivity index (χ2n) is 4.39. The van der Waals surface area contributed by atoms with Crippen LogP contribution in [0.25, 0.3) is 0 Å². The van der Waals surface area contributed by atoms with Gasteiger partial charge in [-0.3, -0.25) is 9.48 Å². The minimum Gasteiger partial charge on any atom is -0.480 e. The van der Waals surface area contributed by atoms with Gasteiger partial charge in [0.25, 0.3) is 0 Å². The largest absolute Gasteiger partial charge is 0.480 e. The average molecular weight is 268 g/mol. The molecule has 2 rings (SSSR count). The molecule has 0 radical (unpaired) electrons. The van der Waals surface area contributed by atoms with Crippen LogP contribution in [0, 0.1) is 0 Å². The molecule has 8 heteroatoms. The first kappa shape index (κ1) is 13.5. The van der Waals surface area contributed by atoms with Gasteiger partial charge in [-0.05, 0) is 0 Å². The number of aliphatic carboxylic acids is 1. The molecule has 0 spiro atoms. The van der Waals surface area contributed by atoms with Crippen LogP contribution in [-0.4, -0.2) is 57.5 Å². The van der Waals surface area contributed by atoms with Gasteiger partial charge >= 0.3 is 5.97 Å². The number of amides is 1. The molecule has 1 saturated heterocycles. The lowest BCUT2D eigenvalue weighted by atomic mass is 10.1. The number of rotatable bonds is 3. The Kier molecular flexibility index (Phi) is 3.82. The van der Waals surface area contributed by atoms with Gasteiger partial charge in [0, 0.05) is 25.4 Å². The van der Waals surface area contributed by atoms with Gasteiger partial charge in [-0.2, -0.15) is 5.10 Å². The Labute approximate surface area is 109 Å². The van der Waals surface area contributed by atoms with E-state index in [0.29, 0.717) is 12.2 Å². The molecule has 1 aliphatic heterocycles. The molecule has 1 amide bonds. The number of hydrogen-bond acceptors (Lipinski definition) is 5. The summed E-state index contributed by atoms with van der Waals surface area (Å²) in [6.07, 6.45) is 3.14. The van der Waals surface area contributed by atoms with Gasteiger partial charge in [0.05, 0.1) is 19.4 Å². The molecule has 2 unspecified atom stereocenters. The van der Waals surface area contributed by atoms with E-state index in [0.717, 1.165) is 0 Å². The maximum Gasteiger partial charge on any atom is 0.328 e. The van der Waals surface area contributed by atoms with Gasteiger partial charge in [-0.25, -0.2) is 4.79 Å². The van der Waals surface area contributed by atoms with Crippen LogP contribution in [0.2, 0.25) is 0 Å². The molecular formula is C11H16N4O4.